The smallest absolute Gasteiger partial charge is 0.313 e. The second kappa shape index (κ2) is 6.23. The number of imidazole rings is 1. The number of hydrogen-bond acceptors (Lipinski definition) is 5. The Balaban J connectivity index is 2.41. The Bertz CT molecular complexity index is 611. The van der Waals surface area contributed by atoms with E-state index in [0.29, 0.717) is 5.16 Å². The number of rotatable bonds is 6. The van der Waals surface area contributed by atoms with Crippen LogP contribution in [-0.2, 0) is 4.79 Å². The maximum Gasteiger partial charge on any atom is 0.313 e. The molecule has 1 N–H and O–H groups in total. The normalized spacial score (nSPS) is 13.0. The van der Waals surface area contributed by atoms with Crippen LogP contribution >= 0.6 is 11.8 Å². The first-order chi connectivity index (χ1) is 9.49. The van der Waals surface area contributed by atoms with E-state index in [0.717, 1.165) is 17.7 Å². The Kier molecular flexibility index (Phi) is 4.61. The van der Waals surface area contributed by atoms with Crippen molar-refractivity contribution in [3.8, 4) is 0 Å². The highest BCUT2D eigenvalue weighted by Gasteiger charge is 2.18. The van der Waals surface area contributed by atoms with E-state index in [1.807, 2.05) is 30.8 Å². The van der Waals surface area contributed by atoms with Crippen LogP contribution in [0.1, 0.15) is 13.0 Å². The van der Waals surface area contributed by atoms with Gasteiger partial charge < -0.3 is 10.0 Å². The van der Waals surface area contributed by atoms with Crippen molar-refractivity contribution in [2.75, 3.05) is 26.4 Å². The second-order valence-electron chi connectivity index (χ2n) is 4.90. The van der Waals surface area contributed by atoms with E-state index in [2.05, 4.69) is 21.8 Å². The minimum absolute atomic E-state index is 0.00198. The van der Waals surface area contributed by atoms with E-state index >= 15 is 0 Å². The summed E-state index contributed by atoms with van der Waals surface area (Å²) in [7, 11) is 4.01. The van der Waals surface area contributed by atoms with E-state index in [-0.39, 0.29) is 11.8 Å². The second-order valence-corrected chi connectivity index (χ2v) is 5.85. The van der Waals surface area contributed by atoms with Crippen LogP contribution in [0.25, 0.3) is 11.2 Å². The Labute approximate surface area is 121 Å². The van der Waals surface area contributed by atoms with Crippen LogP contribution in [0.2, 0.25) is 0 Å². The molecule has 2 rings (SSSR count). The van der Waals surface area contributed by atoms with Gasteiger partial charge in [0.2, 0.25) is 0 Å². The number of fused-ring (bicyclic) bond motifs is 1. The number of thioether (sulfide) groups is 1. The van der Waals surface area contributed by atoms with Crippen molar-refractivity contribution in [3.63, 3.8) is 0 Å². The predicted octanol–water partition coefficient (Wildman–Crippen LogP) is 1.73. The molecule has 1 atom stereocenters. The highest BCUT2D eigenvalue weighted by atomic mass is 32.2. The van der Waals surface area contributed by atoms with Gasteiger partial charge in [-0.2, -0.15) is 0 Å². The number of hydrogen-bond donors (Lipinski definition) is 1. The molecule has 0 aromatic carbocycles. The van der Waals surface area contributed by atoms with E-state index in [9.17, 15) is 4.79 Å². The summed E-state index contributed by atoms with van der Waals surface area (Å²) in [5, 5.41) is 9.55. The summed E-state index contributed by atoms with van der Waals surface area (Å²) >= 11 is 1.23. The zero-order chi connectivity index (χ0) is 14.7. The first-order valence-corrected chi connectivity index (χ1v) is 7.30. The third kappa shape index (κ3) is 3.29. The van der Waals surface area contributed by atoms with Crippen LogP contribution in [0, 0.1) is 0 Å². The molecule has 0 aliphatic rings. The Morgan fingerprint density at radius 2 is 2.30 bits per heavy atom. The quantitative estimate of drug-likeness (QED) is 0.818. The first kappa shape index (κ1) is 14.8. The molecule has 1 unspecified atom stereocenters. The molecule has 2 aromatic rings. The lowest BCUT2D eigenvalue weighted by Gasteiger charge is -2.20. The molecule has 0 saturated heterocycles. The van der Waals surface area contributed by atoms with Gasteiger partial charge in [0.15, 0.2) is 10.8 Å². The summed E-state index contributed by atoms with van der Waals surface area (Å²) in [5.74, 6) is -0.848. The Morgan fingerprint density at radius 1 is 1.55 bits per heavy atom. The van der Waals surface area contributed by atoms with Gasteiger partial charge in [-0.05, 0) is 33.2 Å². The lowest BCUT2D eigenvalue weighted by atomic mass is 10.3. The average molecular weight is 294 g/mol. The zero-order valence-electron chi connectivity index (χ0n) is 11.8. The maximum absolute atomic E-state index is 10.8. The molecule has 108 valence electrons. The summed E-state index contributed by atoms with van der Waals surface area (Å²) in [6.45, 7) is 2.92. The zero-order valence-corrected chi connectivity index (χ0v) is 12.6. The number of aliphatic carboxylic acids is 1. The number of pyridine rings is 1. The molecule has 0 bridgehead atoms. The van der Waals surface area contributed by atoms with E-state index in [1.165, 1.54) is 11.8 Å². The van der Waals surface area contributed by atoms with Crippen LogP contribution < -0.4 is 0 Å². The van der Waals surface area contributed by atoms with Crippen LogP contribution in [0.5, 0.6) is 0 Å². The molecule has 0 spiro atoms. The van der Waals surface area contributed by atoms with E-state index < -0.39 is 5.97 Å². The molecule has 0 aliphatic carbocycles. The van der Waals surface area contributed by atoms with Gasteiger partial charge in [-0.15, -0.1) is 0 Å². The molecule has 6 nitrogen and oxygen atoms in total. The molecule has 0 saturated carbocycles. The number of aromatic nitrogens is 3. The SMILES string of the molecule is CC(CN(C)C)n1c(SCC(=O)O)nc2cccnc21. The van der Waals surface area contributed by atoms with Crippen molar-refractivity contribution in [2.45, 2.75) is 18.1 Å². The third-order valence-corrected chi connectivity index (χ3v) is 3.75. The Hall–Kier alpha value is -1.60. The van der Waals surface area contributed by atoms with Gasteiger partial charge in [-0.3, -0.25) is 9.36 Å². The molecule has 0 radical (unpaired) electrons. The van der Waals surface area contributed by atoms with Crippen LogP contribution in [-0.4, -0.2) is 56.9 Å². The average Bonchev–Trinajstić information content (AvgIpc) is 2.73. The molecule has 20 heavy (non-hydrogen) atoms. The standard InChI is InChI=1S/C13H18N4O2S/c1-9(7-16(2)3)17-12-10(5-4-6-14-12)15-13(17)20-8-11(18)19/h4-6,9H,7-8H2,1-3H3,(H,18,19). The topological polar surface area (TPSA) is 71.2 Å². The van der Waals surface area contributed by atoms with E-state index in [1.54, 1.807) is 6.20 Å². The van der Waals surface area contributed by atoms with Crippen molar-refractivity contribution in [1.82, 2.24) is 19.4 Å². The molecule has 2 aromatic heterocycles. The van der Waals surface area contributed by atoms with E-state index in [4.69, 9.17) is 5.11 Å². The minimum Gasteiger partial charge on any atom is -0.481 e. The number of carbonyl (C=O) groups is 1. The molecule has 0 aliphatic heterocycles. The molecule has 0 fully saturated rings. The minimum atomic E-state index is -0.846. The Morgan fingerprint density at radius 3 is 2.95 bits per heavy atom. The summed E-state index contributed by atoms with van der Waals surface area (Å²) < 4.78 is 2.02. The summed E-state index contributed by atoms with van der Waals surface area (Å²) in [5.41, 5.74) is 1.60. The van der Waals surface area contributed by atoms with Crippen molar-refractivity contribution < 1.29 is 9.90 Å². The van der Waals surface area contributed by atoms with Crippen molar-refractivity contribution in [2.24, 2.45) is 0 Å². The summed E-state index contributed by atoms with van der Waals surface area (Å²) in [4.78, 5) is 21.7. The number of nitrogens with zero attached hydrogens (tertiary/aromatic N) is 4. The van der Waals surface area contributed by atoms with Crippen LogP contribution in [0.3, 0.4) is 0 Å². The van der Waals surface area contributed by atoms with Gasteiger partial charge in [-0.1, -0.05) is 11.8 Å². The van der Waals surface area contributed by atoms with Gasteiger partial charge in [0.05, 0.1) is 5.75 Å². The molecular formula is C13H18N4O2S. The van der Waals surface area contributed by atoms with Gasteiger partial charge in [0.1, 0.15) is 5.52 Å². The summed E-state index contributed by atoms with van der Waals surface area (Å²) in [6, 6.07) is 3.90. The van der Waals surface area contributed by atoms with Gasteiger partial charge in [0.25, 0.3) is 0 Å². The summed E-state index contributed by atoms with van der Waals surface area (Å²) in [6.07, 6.45) is 1.73. The monoisotopic (exact) mass is 294 g/mol. The van der Waals surface area contributed by atoms with Crippen LogP contribution in [0.4, 0.5) is 0 Å². The maximum atomic E-state index is 10.8. The van der Waals surface area contributed by atoms with Gasteiger partial charge in [-0.25, -0.2) is 9.97 Å². The largest absolute Gasteiger partial charge is 0.481 e. The van der Waals surface area contributed by atoms with Crippen molar-refractivity contribution >= 4 is 28.9 Å². The lowest BCUT2D eigenvalue weighted by Crippen LogP contribution is -2.23. The highest BCUT2D eigenvalue weighted by Crippen LogP contribution is 2.26. The van der Waals surface area contributed by atoms with Gasteiger partial charge in [0, 0.05) is 18.8 Å². The van der Waals surface area contributed by atoms with Crippen molar-refractivity contribution in [3.05, 3.63) is 18.3 Å². The molecule has 7 heteroatoms. The van der Waals surface area contributed by atoms with Gasteiger partial charge >= 0.3 is 5.97 Å². The molecule has 2 heterocycles. The fraction of sp³-hybridized carbons (Fsp3) is 0.462. The fourth-order valence-electron chi connectivity index (χ4n) is 2.14. The van der Waals surface area contributed by atoms with Crippen molar-refractivity contribution in [1.29, 1.82) is 0 Å². The number of carboxylic acids is 1. The molecule has 0 amide bonds. The predicted molar refractivity (Wildman–Crippen MR) is 79.2 cm³/mol. The molecular weight excluding hydrogens is 276 g/mol. The number of likely N-dealkylation sites (N-methyl/N-ethyl adjacent to an activating group) is 1. The number of carboxylic acid groups (broad SMARTS) is 1. The van der Waals surface area contributed by atoms with Crippen LogP contribution in [0.15, 0.2) is 23.5 Å². The highest BCUT2D eigenvalue weighted by molar-refractivity contribution is 7.99. The third-order valence-electron chi connectivity index (χ3n) is 2.81. The fourth-order valence-corrected chi connectivity index (χ4v) is 2.97. The first-order valence-electron chi connectivity index (χ1n) is 6.31. The lowest BCUT2D eigenvalue weighted by molar-refractivity contribution is -0.133.